The van der Waals surface area contributed by atoms with E-state index in [1.165, 1.54) is 6.92 Å². The number of aliphatic hydroxyl groups excluding tert-OH is 1. The quantitative estimate of drug-likeness (QED) is 0.581. The second-order valence-corrected chi connectivity index (χ2v) is 4.46. The van der Waals surface area contributed by atoms with E-state index in [0.717, 1.165) is 0 Å². The molecule has 0 aliphatic rings. The summed E-state index contributed by atoms with van der Waals surface area (Å²) in [5, 5.41) is 20.1. The van der Waals surface area contributed by atoms with Gasteiger partial charge in [-0.25, -0.2) is 4.98 Å². The molecule has 0 spiro atoms. The SMILES string of the molecule is Cc1nc(N)nc(N(CCCO)C(C)C)c1[N+](=O)[O-]. The number of rotatable bonds is 6. The van der Waals surface area contributed by atoms with Crippen LogP contribution in [0.2, 0.25) is 0 Å². The lowest BCUT2D eigenvalue weighted by Gasteiger charge is -2.27. The fourth-order valence-corrected chi connectivity index (χ4v) is 1.84. The zero-order valence-electron chi connectivity index (χ0n) is 11.3. The first kappa shape index (κ1) is 15.1. The van der Waals surface area contributed by atoms with Crippen molar-refractivity contribution >= 4 is 17.5 Å². The molecule has 0 saturated carbocycles. The van der Waals surface area contributed by atoms with Crippen molar-refractivity contribution < 1.29 is 10.0 Å². The van der Waals surface area contributed by atoms with Crippen LogP contribution in [-0.2, 0) is 0 Å². The number of aromatic nitrogens is 2. The number of aliphatic hydroxyl groups is 1. The average Bonchev–Trinajstić information content (AvgIpc) is 2.27. The zero-order chi connectivity index (χ0) is 14.6. The average molecular weight is 269 g/mol. The van der Waals surface area contributed by atoms with E-state index in [4.69, 9.17) is 10.8 Å². The number of nitrogen functional groups attached to an aromatic ring is 1. The zero-order valence-corrected chi connectivity index (χ0v) is 11.3. The lowest BCUT2D eigenvalue weighted by atomic mass is 10.2. The maximum Gasteiger partial charge on any atom is 0.332 e. The van der Waals surface area contributed by atoms with Crippen LogP contribution in [-0.4, -0.2) is 39.2 Å². The summed E-state index contributed by atoms with van der Waals surface area (Å²) in [5.41, 5.74) is 5.67. The highest BCUT2D eigenvalue weighted by molar-refractivity contribution is 5.62. The van der Waals surface area contributed by atoms with Gasteiger partial charge in [-0.15, -0.1) is 0 Å². The van der Waals surface area contributed by atoms with Crippen molar-refractivity contribution in [2.24, 2.45) is 0 Å². The van der Waals surface area contributed by atoms with Gasteiger partial charge in [0.15, 0.2) is 0 Å². The third kappa shape index (κ3) is 3.50. The number of hydrogen-bond acceptors (Lipinski definition) is 7. The molecule has 106 valence electrons. The first-order valence-corrected chi connectivity index (χ1v) is 6.04. The molecular weight excluding hydrogens is 250 g/mol. The Labute approximate surface area is 111 Å². The summed E-state index contributed by atoms with van der Waals surface area (Å²) in [5.74, 6) is 0.214. The fourth-order valence-electron chi connectivity index (χ4n) is 1.84. The normalized spacial score (nSPS) is 10.8. The van der Waals surface area contributed by atoms with Gasteiger partial charge in [-0.05, 0) is 27.2 Å². The minimum atomic E-state index is -0.502. The lowest BCUT2D eigenvalue weighted by Crippen LogP contribution is -2.34. The van der Waals surface area contributed by atoms with Crippen molar-refractivity contribution in [1.29, 1.82) is 0 Å². The number of anilines is 2. The second-order valence-electron chi connectivity index (χ2n) is 4.46. The Hall–Kier alpha value is -1.96. The molecule has 0 aliphatic carbocycles. The van der Waals surface area contributed by atoms with E-state index in [0.29, 0.717) is 13.0 Å². The predicted octanol–water partition coefficient (Wildman–Crippen LogP) is 0.873. The number of nitrogens with two attached hydrogens (primary N) is 1. The molecule has 1 aromatic rings. The van der Waals surface area contributed by atoms with Crippen LogP contribution in [0.3, 0.4) is 0 Å². The molecule has 1 aromatic heterocycles. The maximum atomic E-state index is 11.2. The van der Waals surface area contributed by atoms with Crippen LogP contribution in [0.4, 0.5) is 17.5 Å². The molecule has 0 aliphatic heterocycles. The molecule has 0 fully saturated rings. The van der Waals surface area contributed by atoms with Crippen LogP contribution in [0, 0.1) is 17.0 Å². The molecule has 0 atom stereocenters. The van der Waals surface area contributed by atoms with Crippen LogP contribution < -0.4 is 10.6 Å². The van der Waals surface area contributed by atoms with Crippen LogP contribution >= 0.6 is 0 Å². The molecular formula is C11H19N5O3. The fraction of sp³-hybridized carbons (Fsp3) is 0.636. The lowest BCUT2D eigenvalue weighted by molar-refractivity contribution is -0.385. The Morgan fingerprint density at radius 1 is 1.47 bits per heavy atom. The smallest absolute Gasteiger partial charge is 0.332 e. The van der Waals surface area contributed by atoms with Crippen molar-refractivity contribution in [3.8, 4) is 0 Å². The molecule has 0 amide bonds. The summed E-state index contributed by atoms with van der Waals surface area (Å²) >= 11 is 0. The van der Waals surface area contributed by atoms with Gasteiger partial charge in [0.1, 0.15) is 5.69 Å². The highest BCUT2D eigenvalue weighted by Gasteiger charge is 2.27. The molecule has 0 aromatic carbocycles. The first-order chi connectivity index (χ1) is 8.88. The van der Waals surface area contributed by atoms with Gasteiger partial charge in [0.25, 0.3) is 0 Å². The number of nitro groups is 1. The molecule has 3 N–H and O–H groups in total. The van der Waals surface area contributed by atoms with E-state index in [2.05, 4.69) is 9.97 Å². The molecule has 8 heteroatoms. The highest BCUT2D eigenvalue weighted by Crippen LogP contribution is 2.30. The Kier molecular flexibility index (Phi) is 4.99. The molecule has 0 unspecified atom stereocenters. The second kappa shape index (κ2) is 6.28. The van der Waals surface area contributed by atoms with E-state index in [-0.39, 0.29) is 35.8 Å². The number of nitrogens with zero attached hydrogens (tertiary/aromatic N) is 4. The van der Waals surface area contributed by atoms with Crippen LogP contribution in [0.5, 0.6) is 0 Å². The topological polar surface area (TPSA) is 118 Å². The van der Waals surface area contributed by atoms with Crippen molar-refractivity contribution in [2.45, 2.75) is 33.2 Å². The van der Waals surface area contributed by atoms with Gasteiger partial charge in [-0.1, -0.05) is 0 Å². The van der Waals surface area contributed by atoms with E-state index >= 15 is 0 Å². The van der Waals surface area contributed by atoms with Gasteiger partial charge in [0.2, 0.25) is 11.8 Å². The third-order valence-electron chi connectivity index (χ3n) is 2.69. The van der Waals surface area contributed by atoms with Crippen molar-refractivity contribution in [3.05, 3.63) is 15.8 Å². The Morgan fingerprint density at radius 3 is 2.58 bits per heavy atom. The largest absolute Gasteiger partial charge is 0.396 e. The van der Waals surface area contributed by atoms with Crippen LogP contribution in [0.15, 0.2) is 0 Å². The van der Waals surface area contributed by atoms with Gasteiger partial charge in [0, 0.05) is 19.2 Å². The van der Waals surface area contributed by atoms with Crippen molar-refractivity contribution in [2.75, 3.05) is 23.8 Å². The maximum absolute atomic E-state index is 11.2. The Morgan fingerprint density at radius 2 is 2.11 bits per heavy atom. The van der Waals surface area contributed by atoms with Crippen LogP contribution in [0.25, 0.3) is 0 Å². The molecule has 0 radical (unpaired) electrons. The van der Waals surface area contributed by atoms with E-state index in [1.54, 1.807) is 4.90 Å². The summed E-state index contributed by atoms with van der Waals surface area (Å²) < 4.78 is 0. The molecule has 0 saturated heterocycles. The van der Waals surface area contributed by atoms with Crippen molar-refractivity contribution in [1.82, 2.24) is 9.97 Å². The monoisotopic (exact) mass is 269 g/mol. The Bertz CT molecular complexity index is 464. The van der Waals surface area contributed by atoms with Crippen LogP contribution in [0.1, 0.15) is 26.0 Å². The molecule has 19 heavy (non-hydrogen) atoms. The number of hydrogen-bond donors (Lipinski definition) is 2. The summed E-state index contributed by atoms with van der Waals surface area (Å²) in [6, 6.07) is -0.000972. The van der Waals surface area contributed by atoms with Gasteiger partial charge < -0.3 is 15.7 Å². The van der Waals surface area contributed by atoms with E-state index in [9.17, 15) is 10.1 Å². The molecule has 8 nitrogen and oxygen atoms in total. The van der Waals surface area contributed by atoms with Gasteiger partial charge in [-0.2, -0.15) is 4.98 Å². The van der Waals surface area contributed by atoms with Gasteiger partial charge >= 0.3 is 5.69 Å². The minimum absolute atomic E-state index is 0.000972. The molecule has 0 bridgehead atoms. The predicted molar refractivity (Wildman–Crippen MR) is 72.0 cm³/mol. The summed E-state index contributed by atoms with van der Waals surface area (Å²) in [6.07, 6.45) is 0.498. The summed E-state index contributed by atoms with van der Waals surface area (Å²) in [4.78, 5) is 20.2. The van der Waals surface area contributed by atoms with E-state index < -0.39 is 4.92 Å². The standard InChI is InChI=1S/C11H19N5O3/c1-7(2)15(5-4-6-17)10-9(16(18)19)8(3)13-11(12)14-10/h7,17H,4-6H2,1-3H3,(H2,12,13,14). The summed E-state index contributed by atoms with van der Waals surface area (Å²) in [6.45, 7) is 5.80. The van der Waals surface area contributed by atoms with Crippen molar-refractivity contribution in [3.63, 3.8) is 0 Å². The highest BCUT2D eigenvalue weighted by atomic mass is 16.6. The molecule has 1 heterocycles. The van der Waals surface area contributed by atoms with Gasteiger partial charge in [0.05, 0.1) is 4.92 Å². The molecule has 1 rings (SSSR count). The number of aryl methyl sites for hydroxylation is 1. The third-order valence-corrected chi connectivity index (χ3v) is 2.69. The Balaban J connectivity index is 3.31. The van der Waals surface area contributed by atoms with Gasteiger partial charge in [-0.3, -0.25) is 10.1 Å². The summed E-state index contributed by atoms with van der Waals surface area (Å²) in [7, 11) is 0. The first-order valence-electron chi connectivity index (χ1n) is 6.04. The minimum Gasteiger partial charge on any atom is -0.396 e. The van der Waals surface area contributed by atoms with E-state index in [1.807, 2.05) is 13.8 Å².